The van der Waals surface area contributed by atoms with Crippen LogP contribution in [0.1, 0.15) is 12.0 Å². The van der Waals surface area contributed by atoms with Crippen molar-refractivity contribution >= 4 is 11.6 Å². The predicted molar refractivity (Wildman–Crippen MR) is 54.6 cm³/mol. The van der Waals surface area contributed by atoms with Crippen LogP contribution in [0, 0.1) is 12.3 Å². The van der Waals surface area contributed by atoms with E-state index in [9.17, 15) is 0 Å². The summed E-state index contributed by atoms with van der Waals surface area (Å²) in [5.41, 5.74) is 1.03. The lowest BCUT2D eigenvalue weighted by Gasteiger charge is -2.04. The third-order valence-electron chi connectivity index (χ3n) is 1.84. The van der Waals surface area contributed by atoms with Gasteiger partial charge in [-0.05, 0) is 24.5 Å². The Morgan fingerprint density at radius 1 is 1.46 bits per heavy atom. The number of halogens is 1. The van der Waals surface area contributed by atoms with Gasteiger partial charge < -0.3 is 5.11 Å². The van der Waals surface area contributed by atoms with Crippen LogP contribution in [0.25, 0.3) is 0 Å². The van der Waals surface area contributed by atoms with E-state index >= 15 is 0 Å². The largest absolute Gasteiger partial charge is 0.380 e. The maximum Gasteiger partial charge on any atom is 0.114 e. The molecule has 0 fully saturated rings. The molecule has 1 N–H and O–H groups in total. The summed E-state index contributed by atoms with van der Waals surface area (Å²) in [4.78, 5) is 0. The first-order valence-corrected chi connectivity index (χ1v) is 4.49. The van der Waals surface area contributed by atoms with E-state index in [1.165, 1.54) is 0 Å². The molecule has 0 amide bonds. The van der Waals surface area contributed by atoms with Crippen LogP contribution in [0.3, 0.4) is 0 Å². The second kappa shape index (κ2) is 4.91. The molecular weight excluding hydrogens is 184 g/mol. The lowest BCUT2D eigenvalue weighted by Crippen LogP contribution is -2.04. The van der Waals surface area contributed by atoms with Crippen molar-refractivity contribution in [3.05, 3.63) is 34.9 Å². The molecule has 0 saturated heterocycles. The third-order valence-corrected chi connectivity index (χ3v) is 2.21. The minimum Gasteiger partial charge on any atom is -0.380 e. The number of hydrogen-bond acceptors (Lipinski definition) is 1. The van der Waals surface area contributed by atoms with Crippen molar-refractivity contribution in [1.29, 1.82) is 0 Å². The molecule has 0 saturated carbocycles. The maximum absolute atomic E-state index is 9.13. The van der Waals surface area contributed by atoms with Crippen LogP contribution in [0.4, 0.5) is 0 Å². The number of rotatable bonds is 3. The van der Waals surface area contributed by atoms with Crippen molar-refractivity contribution in [2.45, 2.75) is 18.9 Å². The molecule has 2 heteroatoms. The molecule has 0 aliphatic rings. The van der Waals surface area contributed by atoms with Crippen molar-refractivity contribution in [1.82, 2.24) is 0 Å². The van der Waals surface area contributed by atoms with Crippen LogP contribution in [0.2, 0.25) is 5.02 Å². The van der Waals surface area contributed by atoms with Gasteiger partial charge in [-0.25, -0.2) is 0 Å². The van der Waals surface area contributed by atoms with E-state index in [1.807, 2.05) is 24.3 Å². The molecule has 1 aromatic rings. The highest BCUT2D eigenvalue weighted by Crippen LogP contribution is 2.16. The van der Waals surface area contributed by atoms with Crippen molar-refractivity contribution < 1.29 is 5.11 Å². The monoisotopic (exact) mass is 194 g/mol. The normalized spacial score (nSPS) is 12.1. The van der Waals surface area contributed by atoms with Gasteiger partial charge in [-0.15, -0.1) is 6.42 Å². The molecule has 0 aromatic heterocycles. The first kappa shape index (κ1) is 10.1. The van der Waals surface area contributed by atoms with Gasteiger partial charge in [0.1, 0.15) is 6.10 Å². The van der Waals surface area contributed by atoms with Gasteiger partial charge in [0.2, 0.25) is 0 Å². The average molecular weight is 195 g/mol. The average Bonchev–Trinajstić information content (AvgIpc) is 2.16. The molecule has 0 unspecified atom stereocenters. The Hall–Kier alpha value is -0.970. The molecule has 0 aliphatic heterocycles. The summed E-state index contributed by atoms with van der Waals surface area (Å²) < 4.78 is 0. The highest BCUT2D eigenvalue weighted by Gasteiger charge is 2.02. The lowest BCUT2D eigenvalue weighted by atomic mass is 10.1. The third kappa shape index (κ3) is 3.10. The second-order valence-electron chi connectivity index (χ2n) is 2.81. The van der Waals surface area contributed by atoms with E-state index in [0.29, 0.717) is 12.8 Å². The van der Waals surface area contributed by atoms with Crippen molar-refractivity contribution in [3.63, 3.8) is 0 Å². The van der Waals surface area contributed by atoms with E-state index in [0.717, 1.165) is 10.6 Å². The second-order valence-corrected chi connectivity index (χ2v) is 3.22. The molecule has 68 valence electrons. The topological polar surface area (TPSA) is 20.2 Å². The van der Waals surface area contributed by atoms with Crippen LogP contribution in [0.15, 0.2) is 24.3 Å². The quantitative estimate of drug-likeness (QED) is 0.732. The fraction of sp³-hybridized carbons (Fsp3) is 0.273. The first-order chi connectivity index (χ1) is 6.24. The Morgan fingerprint density at radius 3 is 2.77 bits per heavy atom. The van der Waals surface area contributed by atoms with Gasteiger partial charge in [0.15, 0.2) is 0 Å². The van der Waals surface area contributed by atoms with Crippen LogP contribution in [-0.4, -0.2) is 11.2 Å². The number of terminal acetylenes is 1. The van der Waals surface area contributed by atoms with Crippen molar-refractivity contribution in [3.8, 4) is 12.3 Å². The molecule has 1 rings (SSSR count). The summed E-state index contributed by atoms with van der Waals surface area (Å²) in [7, 11) is 0. The van der Waals surface area contributed by atoms with Gasteiger partial charge in [-0.3, -0.25) is 0 Å². The molecule has 0 heterocycles. The molecule has 0 aliphatic carbocycles. The number of aliphatic hydroxyl groups excluding tert-OH is 1. The highest BCUT2D eigenvalue weighted by molar-refractivity contribution is 6.31. The van der Waals surface area contributed by atoms with E-state index in [2.05, 4.69) is 5.92 Å². The van der Waals surface area contributed by atoms with E-state index in [-0.39, 0.29) is 0 Å². The minimum atomic E-state index is -0.670. The Labute approximate surface area is 83.4 Å². The first-order valence-electron chi connectivity index (χ1n) is 4.11. The van der Waals surface area contributed by atoms with E-state index < -0.39 is 6.10 Å². The molecule has 13 heavy (non-hydrogen) atoms. The van der Waals surface area contributed by atoms with Gasteiger partial charge in [0.25, 0.3) is 0 Å². The van der Waals surface area contributed by atoms with Crippen LogP contribution in [-0.2, 0) is 6.42 Å². The number of aliphatic hydroxyl groups is 1. The zero-order chi connectivity index (χ0) is 9.68. The fourth-order valence-corrected chi connectivity index (χ4v) is 1.31. The zero-order valence-corrected chi connectivity index (χ0v) is 7.96. The summed E-state index contributed by atoms with van der Waals surface area (Å²) in [5, 5.41) is 9.86. The van der Waals surface area contributed by atoms with Gasteiger partial charge in [0, 0.05) is 5.02 Å². The molecule has 0 radical (unpaired) electrons. The highest BCUT2D eigenvalue weighted by atomic mass is 35.5. The Balaban J connectivity index is 2.56. The summed E-state index contributed by atoms with van der Waals surface area (Å²) in [6.45, 7) is 0. The maximum atomic E-state index is 9.13. The van der Waals surface area contributed by atoms with E-state index in [4.69, 9.17) is 23.1 Å². The molecule has 1 nitrogen and oxygen atoms in total. The minimum absolute atomic E-state index is 0.556. The Bertz CT molecular complexity index is 314. The molecular formula is C11H11ClO. The fourth-order valence-electron chi connectivity index (χ4n) is 1.08. The SMILES string of the molecule is C#C[C@@H](O)CCc1ccccc1Cl. The van der Waals surface area contributed by atoms with Gasteiger partial charge >= 0.3 is 0 Å². The van der Waals surface area contributed by atoms with Crippen molar-refractivity contribution in [2.24, 2.45) is 0 Å². The molecule has 1 atom stereocenters. The smallest absolute Gasteiger partial charge is 0.114 e. The summed E-state index contributed by atoms with van der Waals surface area (Å²) in [5.74, 6) is 2.27. The zero-order valence-electron chi connectivity index (χ0n) is 7.20. The molecule has 1 aromatic carbocycles. The van der Waals surface area contributed by atoms with E-state index in [1.54, 1.807) is 0 Å². The van der Waals surface area contributed by atoms with Crippen LogP contribution in [0.5, 0.6) is 0 Å². The van der Waals surface area contributed by atoms with Crippen LogP contribution >= 0.6 is 11.6 Å². The lowest BCUT2D eigenvalue weighted by molar-refractivity contribution is 0.222. The van der Waals surface area contributed by atoms with Crippen molar-refractivity contribution in [2.75, 3.05) is 0 Å². The molecule has 0 bridgehead atoms. The van der Waals surface area contributed by atoms with Gasteiger partial charge in [-0.1, -0.05) is 35.7 Å². The predicted octanol–water partition coefficient (Wildman–Crippen LogP) is 2.27. The Morgan fingerprint density at radius 2 is 2.15 bits per heavy atom. The Kier molecular flexibility index (Phi) is 3.82. The summed E-state index contributed by atoms with van der Waals surface area (Å²) in [6.07, 6.45) is 5.64. The molecule has 0 spiro atoms. The van der Waals surface area contributed by atoms with Crippen LogP contribution < -0.4 is 0 Å². The standard InChI is InChI=1S/C11H11ClO/c1-2-10(13)8-7-9-5-3-4-6-11(9)12/h1,3-6,10,13H,7-8H2/t10-/m1/s1. The summed E-state index contributed by atoms with van der Waals surface area (Å²) in [6, 6.07) is 7.57. The summed E-state index contributed by atoms with van der Waals surface area (Å²) >= 11 is 5.92. The number of hydrogen-bond donors (Lipinski definition) is 1. The number of benzene rings is 1. The number of aryl methyl sites for hydroxylation is 1. The van der Waals surface area contributed by atoms with Gasteiger partial charge in [0.05, 0.1) is 0 Å². The van der Waals surface area contributed by atoms with Gasteiger partial charge in [-0.2, -0.15) is 0 Å².